The fourth-order valence-corrected chi connectivity index (χ4v) is 2.24. The first-order chi connectivity index (χ1) is 11.6. The maximum absolute atomic E-state index is 11.6. The van der Waals surface area contributed by atoms with E-state index in [0.717, 1.165) is 23.6 Å². The molecule has 0 spiro atoms. The lowest BCUT2D eigenvalue weighted by molar-refractivity contribution is -0.121. The molecule has 0 aromatic heterocycles. The number of amides is 1. The van der Waals surface area contributed by atoms with E-state index < -0.39 is 0 Å². The Hall–Kier alpha value is -2.44. The van der Waals surface area contributed by atoms with Gasteiger partial charge >= 0.3 is 0 Å². The molecule has 0 radical (unpaired) electrons. The molecule has 1 aromatic rings. The number of nitrogens with zero attached hydrogens (tertiary/aromatic N) is 1. The molecule has 1 aliphatic heterocycles. The van der Waals surface area contributed by atoms with Gasteiger partial charge in [-0.15, -0.1) is 0 Å². The lowest BCUT2D eigenvalue weighted by Gasteiger charge is -2.12. The molecule has 7 heteroatoms. The second-order valence-electron chi connectivity index (χ2n) is 5.78. The molecule has 0 aliphatic carbocycles. The van der Waals surface area contributed by atoms with E-state index in [9.17, 15) is 4.79 Å². The molecule has 0 unspecified atom stereocenters. The largest absolute Gasteiger partial charge is 0.454 e. The van der Waals surface area contributed by atoms with Crippen molar-refractivity contribution in [3.8, 4) is 11.5 Å². The summed E-state index contributed by atoms with van der Waals surface area (Å²) in [5, 5.41) is 9.21. The molecule has 1 aromatic carbocycles. The summed E-state index contributed by atoms with van der Waals surface area (Å²) in [6.07, 6.45) is 0.409. The number of hydrogen-bond donors (Lipinski definition) is 3. The quantitative estimate of drug-likeness (QED) is 0.518. The molecule has 0 atom stereocenters. The zero-order valence-corrected chi connectivity index (χ0v) is 14.5. The average Bonchev–Trinajstić information content (AvgIpc) is 2.99. The van der Waals surface area contributed by atoms with Crippen molar-refractivity contribution in [2.45, 2.75) is 39.8 Å². The first-order valence-electron chi connectivity index (χ1n) is 8.28. The zero-order valence-electron chi connectivity index (χ0n) is 14.5. The highest BCUT2D eigenvalue weighted by Crippen LogP contribution is 2.32. The number of fused-ring (bicyclic) bond motifs is 1. The van der Waals surface area contributed by atoms with E-state index in [4.69, 9.17) is 9.47 Å². The lowest BCUT2D eigenvalue weighted by Crippen LogP contribution is -2.40. The topological polar surface area (TPSA) is 84.0 Å². The minimum atomic E-state index is 0.0316. The van der Waals surface area contributed by atoms with Crippen LogP contribution in [0.15, 0.2) is 23.2 Å². The third-order valence-corrected chi connectivity index (χ3v) is 3.30. The normalized spacial score (nSPS) is 13.1. The van der Waals surface area contributed by atoms with Crippen LogP contribution in [0.5, 0.6) is 11.5 Å². The summed E-state index contributed by atoms with van der Waals surface area (Å²) < 4.78 is 10.7. The fraction of sp³-hybridized carbons (Fsp3) is 0.529. The monoisotopic (exact) mass is 334 g/mol. The van der Waals surface area contributed by atoms with Crippen molar-refractivity contribution in [3.63, 3.8) is 0 Å². The van der Waals surface area contributed by atoms with E-state index >= 15 is 0 Å². The second-order valence-corrected chi connectivity index (χ2v) is 5.78. The summed E-state index contributed by atoms with van der Waals surface area (Å²) in [5.74, 6) is 2.24. The van der Waals surface area contributed by atoms with E-state index in [-0.39, 0.29) is 18.7 Å². The number of carbonyl (C=O) groups excluding carboxylic acids is 1. The van der Waals surface area contributed by atoms with Crippen molar-refractivity contribution >= 4 is 11.9 Å². The number of hydrogen-bond acceptors (Lipinski definition) is 4. The van der Waals surface area contributed by atoms with Gasteiger partial charge in [0.2, 0.25) is 12.7 Å². The molecule has 1 aliphatic rings. The van der Waals surface area contributed by atoms with Crippen molar-refractivity contribution in [2.24, 2.45) is 4.99 Å². The van der Waals surface area contributed by atoms with Crippen LogP contribution in [0.25, 0.3) is 0 Å². The Labute approximate surface area is 142 Å². The zero-order chi connectivity index (χ0) is 17.4. The van der Waals surface area contributed by atoms with Gasteiger partial charge < -0.3 is 25.4 Å². The average molecular weight is 334 g/mol. The second kappa shape index (κ2) is 9.00. The van der Waals surface area contributed by atoms with Gasteiger partial charge in [0.15, 0.2) is 17.5 Å². The molecule has 7 nitrogen and oxygen atoms in total. The highest BCUT2D eigenvalue weighted by Gasteiger charge is 2.13. The maximum atomic E-state index is 11.6. The van der Waals surface area contributed by atoms with Crippen molar-refractivity contribution in [1.29, 1.82) is 0 Å². The van der Waals surface area contributed by atoms with E-state index in [0.29, 0.717) is 25.5 Å². The molecular formula is C17H26N4O3. The van der Waals surface area contributed by atoms with Crippen molar-refractivity contribution < 1.29 is 14.3 Å². The Bertz CT molecular complexity index is 587. The molecule has 0 saturated carbocycles. The number of rotatable bonds is 7. The summed E-state index contributed by atoms with van der Waals surface area (Å²) in [4.78, 5) is 16.2. The van der Waals surface area contributed by atoms with Gasteiger partial charge in [0.25, 0.3) is 0 Å². The summed E-state index contributed by atoms with van der Waals surface area (Å²) in [6, 6.07) is 5.96. The third kappa shape index (κ3) is 5.64. The van der Waals surface area contributed by atoms with Crippen LogP contribution >= 0.6 is 0 Å². The van der Waals surface area contributed by atoms with Crippen LogP contribution in [0, 0.1) is 0 Å². The molecule has 3 N–H and O–H groups in total. The molecule has 0 fully saturated rings. The fourth-order valence-electron chi connectivity index (χ4n) is 2.24. The first-order valence-corrected chi connectivity index (χ1v) is 8.28. The van der Waals surface area contributed by atoms with Crippen molar-refractivity contribution in [3.05, 3.63) is 23.8 Å². The van der Waals surface area contributed by atoms with Gasteiger partial charge in [-0.25, -0.2) is 4.99 Å². The van der Waals surface area contributed by atoms with Crippen LogP contribution in [-0.2, 0) is 11.3 Å². The number of benzene rings is 1. The van der Waals surface area contributed by atoms with E-state index in [1.807, 2.05) is 39.0 Å². The molecule has 1 heterocycles. The summed E-state index contributed by atoms with van der Waals surface area (Å²) in [6.45, 7) is 7.97. The minimum Gasteiger partial charge on any atom is -0.454 e. The van der Waals surface area contributed by atoms with Gasteiger partial charge in [-0.1, -0.05) is 6.07 Å². The van der Waals surface area contributed by atoms with Crippen LogP contribution in [-0.4, -0.2) is 37.8 Å². The van der Waals surface area contributed by atoms with Gasteiger partial charge in [0.05, 0.1) is 6.54 Å². The van der Waals surface area contributed by atoms with E-state index in [2.05, 4.69) is 20.9 Å². The van der Waals surface area contributed by atoms with Crippen molar-refractivity contribution in [1.82, 2.24) is 16.0 Å². The van der Waals surface area contributed by atoms with Crippen LogP contribution in [0.2, 0.25) is 0 Å². The van der Waals surface area contributed by atoms with Crippen LogP contribution < -0.4 is 25.4 Å². The molecule has 2 rings (SSSR count). The number of ether oxygens (including phenoxy) is 2. The standard InChI is InChI=1S/C17H26N4O3/c1-4-18-17(19-8-7-16(22)21-12(2)3)20-10-13-5-6-14-15(9-13)24-11-23-14/h5-6,9,12H,4,7-8,10-11H2,1-3H3,(H,21,22)(H2,18,19,20). The third-order valence-electron chi connectivity index (χ3n) is 3.30. The molecule has 1 amide bonds. The Morgan fingerprint density at radius 1 is 1.25 bits per heavy atom. The molecule has 24 heavy (non-hydrogen) atoms. The SMILES string of the molecule is CCNC(=NCc1ccc2c(c1)OCO2)NCCC(=O)NC(C)C. The van der Waals surface area contributed by atoms with Gasteiger partial charge in [-0.05, 0) is 38.5 Å². The summed E-state index contributed by atoms with van der Waals surface area (Å²) in [7, 11) is 0. The Balaban J connectivity index is 1.85. The predicted octanol–water partition coefficient (Wildman–Crippen LogP) is 1.39. The predicted molar refractivity (Wildman–Crippen MR) is 93.3 cm³/mol. The highest BCUT2D eigenvalue weighted by atomic mass is 16.7. The lowest BCUT2D eigenvalue weighted by atomic mass is 10.2. The number of guanidine groups is 1. The maximum Gasteiger partial charge on any atom is 0.231 e. The Morgan fingerprint density at radius 3 is 2.79 bits per heavy atom. The molecule has 0 bridgehead atoms. The van der Waals surface area contributed by atoms with E-state index in [1.165, 1.54) is 0 Å². The smallest absolute Gasteiger partial charge is 0.231 e. The Kier molecular flexibility index (Phi) is 6.72. The summed E-state index contributed by atoms with van der Waals surface area (Å²) >= 11 is 0. The number of carbonyl (C=O) groups is 1. The van der Waals surface area contributed by atoms with Crippen LogP contribution in [0.4, 0.5) is 0 Å². The molecule has 0 saturated heterocycles. The van der Waals surface area contributed by atoms with Gasteiger partial charge in [-0.3, -0.25) is 4.79 Å². The number of nitrogens with one attached hydrogen (secondary N) is 3. The van der Waals surface area contributed by atoms with Crippen LogP contribution in [0.1, 0.15) is 32.8 Å². The number of aliphatic imine (C=N–C) groups is 1. The molecular weight excluding hydrogens is 308 g/mol. The van der Waals surface area contributed by atoms with Gasteiger partial charge in [0, 0.05) is 25.6 Å². The van der Waals surface area contributed by atoms with Crippen LogP contribution in [0.3, 0.4) is 0 Å². The molecule has 132 valence electrons. The minimum absolute atomic E-state index is 0.0316. The van der Waals surface area contributed by atoms with Gasteiger partial charge in [-0.2, -0.15) is 0 Å². The van der Waals surface area contributed by atoms with Gasteiger partial charge in [0.1, 0.15) is 0 Å². The highest BCUT2D eigenvalue weighted by molar-refractivity contribution is 5.81. The van der Waals surface area contributed by atoms with E-state index in [1.54, 1.807) is 0 Å². The Morgan fingerprint density at radius 2 is 2.04 bits per heavy atom. The summed E-state index contributed by atoms with van der Waals surface area (Å²) in [5.41, 5.74) is 1.04. The van der Waals surface area contributed by atoms with Crippen molar-refractivity contribution in [2.75, 3.05) is 19.9 Å². The first kappa shape index (κ1) is 17.9.